The summed E-state index contributed by atoms with van der Waals surface area (Å²) in [6.45, 7) is 2.06. The van der Waals surface area contributed by atoms with Crippen LogP contribution in [0.5, 0.6) is 11.5 Å². The van der Waals surface area contributed by atoms with Gasteiger partial charge in [0.05, 0.1) is 18.9 Å². The number of carboxylic acids is 1. The number of aldehydes is 1. The molecule has 2 heterocycles. The Kier molecular flexibility index (Phi) is 3.77. The van der Waals surface area contributed by atoms with Crippen LogP contribution >= 0.6 is 0 Å². The van der Waals surface area contributed by atoms with Gasteiger partial charge in [0.2, 0.25) is 12.7 Å². The minimum atomic E-state index is -1.11. The molecule has 0 saturated heterocycles. The number of amides is 1. The summed E-state index contributed by atoms with van der Waals surface area (Å²) in [6.07, 6.45) is 0.183. The lowest BCUT2D eigenvalue weighted by atomic mass is 9.98. The van der Waals surface area contributed by atoms with Crippen molar-refractivity contribution in [1.82, 2.24) is 4.90 Å². The molecule has 0 bridgehead atoms. The number of carboxylic acid groups (broad SMARTS) is 1. The lowest BCUT2D eigenvalue weighted by Gasteiger charge is -2.19. The van der Waals surface area contributed by atoms with E-state index in [0.717, 1.165) is 5.56 Å². The molecule has 1 amide bonds. The Morgan fingerprint density at radius 3 is 2.83 bits per heavy atom. The number of rotatable bonds is 5. The molecule has 1 N–H and O–H groups in total. The van der Waals surface area contributed by atoms with Gasteiger partial charge in [0.15, 0.2) is 11.5 Å². The smallest absolute Gasteiger partial charge is 0.304 e. The van der Waals surface area contributed by atoms with E-state index in [0.29, 0.717) is 23.5 Å². The molecule has 1 aromatic rings. The maximum absolute atomic E-state index is 12.5. The molecule has 2 aliphatic rings. The van der Waals surface area contributed by atoms with Gasteiger partial charge in [-0.1, -0.05) is 6.07 Å². The number of hydrogen-bond donors (Lipinski definition) is 1. The van der Waals surface area contributed by atoms with Crippen molar-refractivity contribution < 1.29 is 29.0 Å². The Bertz CT molecular complexity index is 723. The largest absolute Gasteiger partial charge is 0.481 e. The van der Waals surface area contributed by atoms with E-state index in [2.05, 4.69) is 0 Å². The second-order valence-corrected chi connectivity index (χ2v) is 5.42. The number of hydrogen-bond acceptors (Lipinski definition) is 5. The maximum Gasteiger partial charge on any atom is 0.304 e. The van der Waals surface area contributed by atoms with Crippen LogP contribution in [0.3, 0.4) is 0 Å². The summed E-state index contributed by atoms with van der Waals surface area (Å²) >= 11 is 0. The van der Waals surface area contributed by atoms with Gasteiger partial charge < -0.3 is 19.5 Å². The summed E-state index contributed by atoms with van der Waals surface area (Å²) < 4.78 is 10.5. The van der Waals surface area contributed by atoms with Crippen molar-refractivity contribution in [3.05, 3.63) is 35.0 Å². The third-order valence-electron chi connectivity index (χ3n) is 4.05. The van der Waals surface area contributed by atoms with Crippen molar-refractivity contribution in [2.45, 2.75) is 19.9 Å². The van der Waals surface area contributed by atoms with E-state index in [-0.39, 0.29) is 31.2 Å². The lowest BCUT2D eigenvalue weighted by Crippen LogP contribution is -2.29. The summed E-state index contributed by atoms with van der Waals surface area (Å²) in [7, 11) is 0. The first-order valence-electron chi connectivity index (χ1n) is 7.09. The summed E-state index contributed by atoms with van der Waals surface area (Å²) in [6, 6.07) is 5.33. The first-order valence-corrected chi connectivity index (χ1v) is 7.09. The minimum Gasteiger partial charge on any atom is -0.481 e. The van der Waals surface area contributed by atoms with E-state index in [1.807, 2.05) is 0 Å². The van der Waals surface area contributed by atoms with Gasteiger partial charge in [-0.15, -0.1) is 0 Å². The second-order valence-electron chi connectivity index (χ2n) is 5.42. The third-order valence-corrected chi connectivity index (χ3v) is 4.05. The highest BCUT2D eigenvalue weighted by Crippen LogP contribution is 2.35. The van der Waals surface area contributed by atoms with E-state index in [1.54, 1.807) is 25.1 Å². The predicted octanol–water partition coefficient (Wildman–Crippen LogP) is 1.32. The SMILES string of the molecule is CC1=C(C=O)C(CC(=O)O)C(=O)N1Cc1ccc2c(c1)OCO2. The average molecular weight is 317 g/mol. The van der Waals surface area contributed by atoms with Gasteiger partial charge in [-0.05, 0) is 24.6 Å². The van der Waals surface area contributed by atoms with Crippen LogP contribution in [0.25, 0.3) is 0 Å². The van der Waals surface area contributed by atoms with Crippen LogP contribution in [0.4, 0.5) is 0 Å². The zero-order chi connectivity index (χ0) is 16.6. The molecule has 1 atom stereocenters. The molecule has 0 aliphatic carbocycles. The summed E-state index contributed by atoms with van der Waals surface area (Å²) in [4.78, 5) is 36.1. The topological polar surface area (TPSA) is 93.1 Å². The molecule has 1 unspecified atom stereocenters. The standard InChI is InChI=1S/C16H15NO6/c1-9-12(7-18)11(5-15(19)20)16(21)17(9)6-10-2-3-13-14(4-10)23-8-22-13/h2-4,7,11H,5-6,8H2,1H3,(H,19,20). The molecule has 0 radical (unpaired) electrons. The Labute approximate surface area is 132 Å². The molecular weight excluding hydrogens is 302 g/mol. The number of allylic oxidation sites excluding steroid dienone is 1. The van der Waals surface area contributed by atoms with Gasteiger partial charge >= 0.3 is 5.97 Å². The average Bonchev–Trinajstić information content (AvgIpc) is 3.05. The molecule has 120 valence electrons. The lowest BCUT2D eigenvalue weighted by molar-refractivity contribution is -0.142. The number of carbonyl (C=O) groups is 3. The van der Waals surface area contributed by atoms with E-state index >= 15 is 0 Å². The van der Waals surface area contributed by atoms with Crippen molar-refractivity contribution in [2.75, 3.05) is 6.79 Å². The molecule has 23 heavy (non-hydrogen) atoms. The molecule has 0 spiro atoms. The van der Waals surface area contributed by atoms with E-state index in [1.165, 1.54) is 4.90 Å². The quantitative estimate of drug-likeness (QED) is 0.823. The van der Waals surface area contributed by atoms with Crippen molar-refractivity contribution in [3.8, 4) is 11.5 Å². The third kappa shape index (κ3) is 2.65. The fraction of sp³-hybridized carbons (Fsp3) is 0.312. The van der Waals surface area contributed by atoms with Crippen molar-refractivity contribution in [2.24, 2.45) is 5.92 Å². The first kappa shape index (κ1) is 15.1. The van der Waals surface area contributed by atoms with E-state index in [9.17, 15) is 14.4 Å². The Morgan fingerprint density at radius 1 is 1.39 bits per heavy atom. The minimum absolute atomic E-state index is 0.163. The fourth-order valence-electron chi connectivity index (χ4n) is 2.85. The second kappa shape index (κ2) is 5.75. The van der Waals surface area contributed by atoms with Crippen LogP contribution in [-0.2, 0) is 20.9 Å². The highest BCUT2D eigenvalue weighted by molar-refractivity contribution is 5.98. The van der Waals surface area contributed by atoms with Crippen LogP contribution in [-0.4, -0.2) is 35.0 Å². The van der Waals surface area contributed by atoms with Gasteiger partial charge in [0.25, 0.3) is 0 Å². The molecule has 1 aromatic carbocycles. The zero-order valence-corrected chi connectivity index (χ0v) is 12.4. The van der Waals surface area contributed by atoms with Crippen molar-refractivity contribution in [3.63, 3.8) is 0 Å². The molecular formula is C16H15NO6. The van der Waals surface area contributed by atoms with Crippen molar-refractivity contribution in [1.29, 1.82) is 0 Å². The molecule has 7 nitrogen and oxygen atoms in total. The number of aliphatic carboxylic acids is 1. The number of ether oxygens (including phenoxy) is 2. The van der Waals surface area contributed by atoms with Gasteiger partial charge in [-0.2, -0.15) is 0 Å². The first-order chi connectivity index (χ1) is 11.0. The van der Waals surface area contributed by atoms with Crippen LogP contribution in [0.2, 0.25) is 0 Å². The number of nitrogens with zero attached hydrogens (tertiary/aromatic N) is 1. The molecule has 0 fully saturated rings. The van der Waals surface area contributed by atoms with E-state index in [4.69, 9.17) is 14.6 Å². The van der Waals surface area contributed by atoms with Gasteiger partial charge in [0, 0.05) is 11.3 Å². The Hall–Kier alpha value is -2.83. The zero-order valence-electron chi connectivity index (χ0n) is 12.4. The summed E-state index contributed by atoms with van der Waals surface area (Å²) in [5, 5.41) is 8.93. The van der Waals surface area contributed by atoms with Crippen LogP contribution in [0, 0.1) is 5.92 Å². The predicted molar refractivity (Wildman–Crippen MR) is 77.6 cm³/mol. The van der Waals surface area contributed by atoms with Gasteiger partial charge in [-0.3, -0.25) is 14.4 Å². The molecule has 7 heteroatoms. The van der Waals surface area contributed by atoms with Gasteiger partial charge in [-0.25, -0.2) is 0 Å². The molecule has 0 aromatic heterocycles. The van der Waals surface area contributed by atoms with Gasteiger partial charge in [0.1, 0.15) is 6.29 Å². The molecule has 2 aliphatic heterocycles. The molecule has 0 saturated carbocycles. The maximum atomic E-state index is 12.5. The van der Waals surface area contributed by atoms with Crippen LogP contribution < -0.4 is 9.47 Å². The van der Waals surface area contributed by atoms with Crippen LogP contribution in [0.1, 0.15) is 18.9 Å². The monoisotopic (exact) mass is 317 g/mol. The highest BCUT2D eigenvalue weighted by atomic mass is 16.7. The number of fused-ring (bicyclic) bond motifs is 1. The Morgan fingerprint density at radius 2 is 2.13 bits per heavy atom. The fourth-order valence-corrected chi connectivity index (χ4v) is 2.85. The summed E-state index contributed by atoms with van der Waals surface area (Å²) in [5.74, 6) is -1.15. The number of benzene rings is 1. The van der Waals surface area contributed by atoms with Crippen molar-refractivity contribution >= 4 is 18.2 Å². The normalized spacial score (nSPS) is 19.4. The molecule has 3 rings (SSSR count). The van der Waals surface area contributed by atoms with E-state index < -0.39 is 11.9 Å². The number of carbonyl (C=O) groups excluding carboxylic acids is 2. The highest BCUT2D eigenvalue weighted by Gasteiger charge is 2.38. The summed E-state index contributed by atoms with van der Waals surface area (Å²) in [5.41, 5.74) is 1.54. The Balaban J connectivity index is 1.85. The van der Waals surface area contributed by atoms with Crippen LogP contribution in [0.15, 0.2) is 29.5 Å².